The SMILES string of the molecule is CC(NC1CCN(CCNC(=O)OC(C)(C)C)CC1)c1ccccn1. The van der Waals surface area contributed by atoms with Crippen molar-refractivity contribution in [3.63, 3.8) is 0 Å². The zero-order chi connectivity index (χ0) is 18.3. The molecule has 25 heavy (non-hydrogen) atoms. The number of nitrogens with zero attached hydrogens (tertiary/aromatic N) is 2. The monoisotopic (exact) mass is 348 g/mol. The molecule has 0 radical (unpaired) electrons. The fraction of sp³-hybridized carbons (Fsp3) is 0.684. The molecule has 1 aromatic rings. The van der Waals surface area contributed by atoms with Gasteiger partial charge in [-0.3, -0.25) is 4.98 Å². The first kappa shape index (κ1) is 19.7. The van der Waals surface area contributed by atoms with E-state index < -0.39 is 5.60 Å². The standard InChI is InChI=1S/C19H32N4O2/c1-15(17-7-5-6-10-20-17)22-16-8-12-23(13-9-16)14-11-21-18(24)25-19(2,3)4/h5-7,10,15-16,22H,8-9,11-14H2,1-4H3,(H,21,24). The van der Waals surface area contributed by atoms with Crippen molar-refractivity contribution in [3.05, 3.63) is 30.1 Å². The van der Waals surface area contributed by atoms with Crippen molar-refractivity contribution in [1.29, 1.82) is 0 Å². The number of rotatable bonds is 6. The second-order valence-corrected chi connectivity index (χ2v) is 7.69. The van der Waals surface area contributed by atoms with Crippen LogP contribution < -0.4 is 10.6 Å². The molecule has 140 valence electrons. The highest BCUT2D eigenvalue weighted by molar-refractivity contribution is 5.67. The maximum atomic E-state index is 11.6. The van der Waals surface area contributed by atoms with Crippen LogP contribution in [-0.4, -0.2) is 53.8 Å². The Balaban J connectivity index is 1.62. The van der Waals surface area contributed by atoms with E-state index in [9.17, 15) is 4.79 Å². The van der Waals surface area contributed by atoms with Gasteiger partial charge < -0.3 is 20.3 Å². The number of aromatic nitrogens is 1. The molecular formula is C19H32N4O2. The van der Waals surface area contributed by atoms with Crippen LogP contribution in [0.1, 0.15) is 52.3 Å². The van der Waals surface area contributed by atoms with Crippen molar-refractivity contribution in [2.45, 2.75) is 58.2 Å². The minimum absolute atomic E-state index is 0.270. The summed E-state index contributed by atoms with van der Waals surface area (Å²) >= 11 is 0. The number of carbonyl (C=O) groups is 1. The molecule has 0 bridgehead atoms. The Morgan fingerprint density at radius 3 is 2.68 bits per heavy atom. The molecule has 0 aliphatic carbocycles. The number of piperidine rings is 1. The molecule has 1 aliphatic heterocycles. The lowest BCUT2D eigenvalue weighted by Crippen LogP contribution is -2.45. The van der Waals surface area contributed by atoms with Crippen LogP contribution in [0.4, 0.5) is 4.79 Å². The summed E-state index contributed by atoms with van der Waals surface area (Å²) in [7, 11) is 0. The minimum Gasteiger partial charge on any atom is -0.444 e. The first-order valence-electron chi connectivity index (χ1n) is 9.19. The Bertz CT molecular complexity index is 522. The number of alkyl carbamates (subject to hydrolysis) is 1. The van der Waals surface area contributed by atoms with Crippen LogP contribution in [-0.2, 0) is 4.74 Å². The molecule has 2 N–H and O–H groups in total. The molecule has 6 heteroatoms. The first-order chi connectivity index (χ1) is 11.8. The molecule has 6 nitrogen and oxygen atoms in total. The van der Waals surface area contributed by atoms with Gasteiger partial charge in [-0.2, -0.15) is 0 Å². The summed E-state index contributed by atoms with van der Waals surface area (Å²) < 4.78 is 5.25. The average molecular weight is 348 g/mol. The van der Waals surface area contributed by atoms with E-state index in [1.54, 1.807) is 0 Å². The van der Waals surface area contributed by atoms with Crippen molar-refractivity contribution in [2.24, 2.45) is 0 Å². The molecule has 1 unspecified atom stereocenters. The molecule has 1 aliphatic rings. The lowest BCUT2D eigenvalue weighted by atomic mass is 10.0. The Kier molecular flexibility index (Phi) is 7.20. The van der Waals surface area contributed by atoms with Gasteiger partial charge in [-0.05, 0) is 65.8 Å². The van der Waals surface area contributed by atoms with Gasteiger partial charge in [0.2, 0.25) is 0 Å². The number of carbonyl (C=O) groups excluding carboxylic acids is 1. The van der Waals surface area contributed by atoms with Crippen LogP contribution in [0.2, 0.25) is 0 Å². The maximum Gasteiger partial charge on any atom is 0.407 e. The molecule has 1 saturated heterocycles. The molecular weight excluding hydrogens is 316 g/mol. The Hall–Kier alpha value is -1.66. The number of pyridine rings is 1. The lowest BCUT2D eigenvalue weighted by molar-refractivity contribution is 0.0519. The smallest absolute Gasteiger partial charge is 0.407 e. The third-order valence-corrected chi connectivity index (χ3v) is 4.30. The van der Waals surface area contributed by atoms with Crippen LogP contribution in [0.5, 0.6) is 0 Å². The van der Waals surface area contributed by atoms with E-state index in [-0.39, 0.29) is 12.1 Å². The van der Waals surface area contributed by atoms with E-state index in [1.807, 2.05) is 39.1 Å². The summed E-state index contributed by atoms with van der Waals surface area (Å²) in [5, 5.41) is 6.50. The highest BCUT2D eigenvalue weighted by Crippen LogP contribution is 2.15. The van der Waals surface area contributed by atoms with Crippen LogP contribution in [0.15, 0.2) is 24.4 Å². The summed E-state index contributed by atoms with van der Waals surface area (Å²) in [4.78, 5) is 18.4. The maximum absolute atomic E-state index is 11.6. The molecule has 0 saturated carbocycles. The van der Waals surface area contributed by atoms with Crippen LogP contribution in [0, 0.1) is 0 Å². The van der Waals surface area contributed by atoms with Gasteiger partial charge in [0.25, 0.3) is 0 Å². The summed E-state index contributed by atoms with van der Waals surface area (Å²) in [6.45, 7) is 11.4. The van der Waals surface area contributed by atoms with Gasteiger partial charge in [-0.15, -0.1) is 0 Å². The number of likely N-dealkylation sites (tertiary alicyclic amines) is 1. The van der Waals surface area contributed by atoms with Crippen molar-refractivity contribution < 1.29 is 9.53 Å². The minimum atomic E-state index is -0.446. The molecule has 1 fully saturated rings. The van der Waals surface area contributed by atoms with Crippen molar-refractivity contribution in [3.8, 4) is 0 Å². The van der Waals surface area contributed by atoms with Gasteiger partial charge in [-0.25, -0.2) is 4.79 Å². The van der Waals surface area contributed by atoms with E-state index >= 15 is 0 Å². The third-order valence-electron chi connectivity index (χ3n) is 4.30. The Morgan fingerprint density at radius 1 is 1.36 bits per heavy atom. The average Bonchev–Trinajstić information content (AvgIpc) is 2.55. The van der Waals surface area contributed by atoms with E-state index in [1.165, 1.54) is 0 Å². The topological polar surface area (TPSA) is 66.5 Å². The van der Waals surface area contributed by atoms with E-state index in [0.717, 1.165) is 38.2 Å². The first-order valence-corrected chi connectivity index (χ1v) is 9.19. The van der Waals surface area contributed by atoms with Gasteiger partial charge in [0, 0.05) is 31.4 Å². The summed E-state index contributed by atoms with van der Waals surface area (Å²) in [5.74, 6) is 0. The molecule has 1 atom stereocenters. The lowest BCUT2D eigenvalue weighted by Gasteiger charge is -2.33. The van der Waals surface area contributed by atoms with Crippen LogP contribution in [0.25, 0.3) is 0 Å². The van der Waals surface area contributed by atoms with Gasteiger partial charge in [0.05, 0.1) is 5.69 Å². The van der Waals surface area contributed by atoms with E-state index in [2.05, 4.69) is 33.5 Å². The largest absolute Gasteiger partial charge is 0.444 e. The van der Waals surface area contributed by atoms with Gasteiger partial charge >= 0.3 is 6.09 Å². The number of hydrogen-bond acceptors (Lipinski definition) is 5. The number of hydrogen-bond donors (Lipinski definition) is 2. The molecule has 2 heterocycles. The zero-order valence-corrected chi connectivity index (χ0v) is 15.9. The van der Waals surface area contributed by atoms with Gasteiger partial charge in [0.15, 0.2) is 0 Å². The van der Waals surface area contributed by atoms with E-state index in [0.29, 0.717) is 12.6 Å². The number of ether oxygens (including phenoxy) is 1. The number of amides is 1. The highest BCUT2D eigenvalue weighted by Gasteiger charge is 2.21. The molecule has 0 aromatic carbocycles. The van der Waals surface area contributed by atoms with Gasteiger partial charge in [0.1, 0.15) is 5.60 Å². The van der Waals surface area contributed by atoms with E-state index in [4.69, 9.17) is 4.74 Å². The molecule has 1 amide bonds. The molecule has 1 aromatic heterocycles. The van der Waals surface area contributed by atoms with Crippen LogP contribution >= 0.6 is 0 Å². The second kappa shape index (κ2) is 9.15. The molecule has 0 spiro atoms. The predicted octanol–water partition coefficient (Wildman–Crippen LogP) is 2.72. The second-order valence-electron chi connectivity index (χ2n) is 7.69. The van der Waals surface area contributed by atoms with Gasteiger partial charge in [-0.1, -0.05) is 6.07 Å². The fourth-order valence-electron chi connectivity index (χ4n) is 3.02. The van der Waals surface area contributed by atoms with Crippen molar-refractivity contribution in [2.75, 3.05) is 26.2 Å². The fourth-order valence-corrected chi connectivity index (χ4v) is 3.02. The molecule has 2 rings (SSSR count). The summed E-state index contributed by atoms with van der Waals surface area (Å²) in [6, 6.07) is 6.83. The normalized spacial score (nSPS) is 17.9. The third kappa shape index (κ3) is 7.40. The van der Waals surface area contributed by atoms with Crippen molar-refractivity contribution >= 4 is 6.09 Å². The van der Waals surface area contributed by atoms with Crippen LogP contribution in [0.3, 0.4) is 0 Å². The summed E-state index contributed by atoms with van der Waals surface area (Å²) in [6.07, 6.45) is 3.73. The Morgan fingerprint density at radius 2 is 2.08 bits per heavy atom. The quantitative estimate of drug-likeness (QED) is 0.827. The summed E-state index contributed by atoms with van der Waals surface area (Å²) in [5.41, 5.74) is 0.643. The zero-order valence-electron chi connectivity index (χ0n) is 15.9. The van der Waals surface area contributed by atoms with Crippen molar-refractivity contribution in [1.82, 2.24) is 20.5 Å². The number of nitrogens with one attached hydrogen (secondary N) is 2. The highest BCUT2D eigenvalue weighted by atomic mass is 16.6. The predicted molar refractivity (Wildman–Crippen MR) is 99.5 cm³/mol. The Labute approximate surface area is 151 Å².